The van der Waals surface area contributed by atoms with Crippen LogP contribution in [0.1, 0.15) is 18.1 Å². The number of hydrogen-bond donors (Lipinski definition) is 2. The average molecular weight is 405 g/mol. The SMILES string of the molecule is Cl.O=C(CC(F)(F)F)NC[C@@H]1CNCCO[C@H]1c1ccc(Cl)c(F)c1. The number of alkyl halides is 3. The summed E-state index contributed by atoms with van der Waals surface area (Å²) in [4.78, 5) is 11.4. The highest BCUT2D eigenvalue weighted by Gasteiger charge is 2.32. The fraction of sp³-hybridized carbons (Fsp3) is 0.533. The van der Waals surface area contributed by atoms with E-state index in [0.29, 0.717) is 25.3 Å². The summed E-state index contributed by atoms with van der Waals surface area (Å²) in [6.45, 7) is 1.32. The maximum atomic E-state index is 13.7. The Bertz CT molecular complexity index is 587. The molecule has 25 heavy (non-hydrogen) atoms. The third-order valence-corrected chi connectivity index (χ3v) is 3.91. The van der Waals surface area contributed by atoms with Crippen LogP contribution in [0.3, 0.4) is 0 Å². The Morgan fingerprint density at radius 2 is 2.12 bits per heavy atom. The van der Waals surface area contributed by atoms with Crippen LogP contribution in [0.4, 0.5) is 17.6 Å². The van der Waals surface area contributed by atoms with E-state index in [9.17, 15) is 22.4 Å². The molecule has 4 nitrogen and oxygen atoms in total. The second-order valence-electron chi connectivity index (χ2n) is 5.53. The Balaban J connectivity index is 0.00000312. The lowest BCUT2D eigenvalue weighted by Crippen LogP contribution is -2.38. The molecule has 10 heteroatoms. The molecule has 2 N–H and O–H groups in total. The number of ether oxygens (including phenoxy) is 1. The molecule has 0 aromatic heterocycles. The van der Waals surface area contributed by atoms with Crippen LogP contribution in [0.5, 0.6) is 0 Å². The highest BCUT2D eigenvalue weighted by Crippen LogP contribution is 2.29. The van der Waals surface area contributed by atoms with Crippen molar-refractivity contribution in [1.29, 1.82) is 0 Å². The minimum Gasteiger partial charge on any atom is -0.372 e. The Labute approximate surface area is 153 Å². The molecule has 1 aromatic rings. The van der Waals surface area contributed by atoms with Gasteiger partial charge in [0.15, 0.2) is 0 Å². The van der Waals surface area contributed by atoms with Crippen molar-refractivity contribution in [3.05, 3.63) is 34.6 Å². The van der Waals surface area contributed by atoms with Gasteiger partial charge in [-0.15, -0.1) is 12.4 Å². The van der Waals surface area contributed by atoms with E-state index in [2.05, 4.69) is 10.6 Å². The molecule has 1 amide bonds. The lowest BCUT2D eigenvalue weighted by Gasteiger charge is -2.25. The van der Waals surface area contributed by atoms with Gasteiger partial charge < -0.3 is 15.4 Å². The maximum Gasteiger partial charge on any atom is 0.397 e. The molecule has 0 bridgehead atoms. The zero-order chi connectivity index (χ0) is 17.7. The van der Waals surface area contributed by atoms with E-state index in [0.717, 1.165) is 0 Å². The molecule has 0 spiro atoms. The third-order valence-electron chi connectivity index (χ3n) is 3.61. The van der Waals surface area contributed by atoms with Crippen LogP contribution in [0.25, 0.3) is 0 Å². The molecule has 0 radical (unpaired) electrons. The number of carbonyl (C=O) groups excluding carboxylic acids is 1. The van der Waals surface area contributed by atoms with Gasteiger partial charge in [-0.1, -0.05) is 17.7 Å². The summed E-state index contributed by atoms with van der Waals surface area (Å²) in [6, 6.07) is 4.24. The molecule has 2 rings (SSSR count). The summed E-state index contributed by atoms with van der Waals surface area (Å²) in [7, 11) is 0. The smallest absolute Gasteiger partial charge is 0.372 e. The standard InChI is InChI=1S/C15H17ClF4N2O2.ClH/c16-11-2-1-9(5-12(11)17)14-10(7-21-3-4-24-14)8-22-13(23)6-15(18,19)20;/h1-2,5,10,14,21H,3-4,6-8H2,(H,22,23);1H/t10-,14-;/m0./s1. The van der Waals surface area contributed by atoms with Crippen molar-refractivity contribution in [3.63, 3.8) is 0 Å². The van der Waals surface area contributed by atoms with Gasteiger partial charge in [-0.25, -0.2) is 4.39 Å². The molecule has 2 atom stereocenters. The number of rotatable bonds is 4. The zero-order valence-electron chi connectivity index (χ0n) is 13.0. The van der Waals surface area contributed by atoms with E-state index in [4.69, 9.17) is 16.3 Å². The molecule has 0 aliphatic carbocycles. The first-order chi connectivity index (χ1) is 11.3. The van der Waals surface area contributed by atoms with Crippen LogP contribution in [0.2, 0.25) is 5.02 Å². The van der Waals surface area contributed by atoms with Gasteiger partial charge in [0.2, 0.25) is 5.91 Å². The van der Waals surface area contributed by atoms with E-state index in [-0.39, 0.29) is 29.9 Å². The topological polar surface area (TPSA) is 50.4 Å². The molecular formula is C15H18Cl2F4N2O2. The molecule has 1 fully saturated rings. The Hall–Kier alpha value is -1.09. The number of halogens is 6. The second-order valence-corrected chi connectivity index (χ2v) is 5.93. The van der Waals surface area contributed by atoms with Gasteiger partial charge in [-0.05, 0) is 17.7 Å². The average Bonchev–Trinajstić information content (AvgIpc) is 2.71. The first-order valence-corrected chi connectivity index (χ1v) is 7.75. The fourth-order valence-corrected chi connectivity index (χ4v) is 2.63. The summed E-state index contributed by atoms with van der Waals surface area (Å²) < 4.78 is 56.0. The van der Waals surface area contributed by atoms with Crippen LogP contribution in [0, 0.1) is 11.7 Å². The maximum absolute atomic E-state index is 13.7. The van der Waals surface area contributed by atoms with Crippen LogP contribution >= 0.6 is 24.0 Å². The van der Waals surface area contributed by atoms with Crippen LogP contribution in [-0.2, 0) is 9.53 Å². The molecule has 1 aromatic carbocycles. The van der Waals surface area contributed by atoms with Gasteiger partial charge in [0, 0.05) is 25.6 Å². The molecule has 1 aliphatic heterocycles. The van der Waals surface area contributed by atoms with Crippen molar-refractivity contribution >= 4 is 29.9 Å². The molecular weight excluding hydrogens is 387 g/mol. The van der Waals surface area contributed by atoms with Gasteiger partial charge in [0.25, 0.3) is 0 Å². The van der Waals surface area contributed by atoms with Crippen LogP contribution in [0.15, 0.2) is 18.2 Å². The lowest BCUT2D eigenvalue weighted by atomic mass is 9.95. The predicted molar refractivity (Wildman–Crippen MR) is 87.4 cm³/mol. The molecule has 0 unspecified atom stereocenters. The van der Waals surface area contributed by atoms with Crippen molar-refractivity contribution in [2.24, 2.45) is 5.92 Å². The monoisotopic (exact) mass is 404 g/mol. The molecule has 0 saturated carbocycles. The largest absolute Gasteiger partial charge is 0.397 e. The number of hydrogen-bond acceptors (Lipinski definition) is 3. The minimum absolute atomic E-state index is 0. The number of benzene rings is 1. The molecule has 1 heterocycles. The summed E-state index contributed by atoms with van der Waals surface area (Å²) in [6.07, 6.45) is -6.65. The predicted octanol–water partition coefficient (Wildman–Crippen LogP) is 3.25. The quantitative estimate of drug-likeness (QED) is 0.757. The van der Waals surface area contributed by atoms with Gasteiger partial charge in [0.1, 0.15) is 12.2 Å². The second kappa shape index (κ2) is 9.56. The number of nitrogens with one attached hydrogen (secondary N) is 2. The Kier molecular flexibility index (Phi) is 8.40. The van der Waals surface area contributed by atoms with Gasteiger partial charge in [-0.3, -0.25) is 4.79 Å². The van der Waals surface area contributed by atoms with Gasteiger partial charge in [0.05, 0.1) is 17.7 Å². The van der Waals surface area contributed by atoms with Crippen LogP contribution in [-0.4, -0.2) is 38.3 Å². The molecule has 1 aliphatic rings. The zero-order valence-corrected chi connectivity index (χ0v) is 14.6. The van der Waals surface area contributed by atoms with Crippen molar-refractivity contribution < 1.29 is 27.1 Å². The van der Waals surface area contributed by atoms with Crippen molar-refractivity contribution in [2.45, 2.75) is 18.7 Å². The first kappa shape index (κ1) is 22.0. The summed E-state index contributed by atoms with van der Waals surface area (Å²) in [5.41, 5.74) is 0.524. The van der Waals surface area contributed by atoms with Crippen molar-refractivity contribution in [2.75, 3.05) is 26.2 Å². The molecule has 1 saturated heterocycles. The highest BCUT2D eigenvalue weighted by atomic mass is 35.5. The van der Waals surface area contributed by atoms with E-state index >= 15 is 0 Å². The van der Waals surface area contributed by atoms with E-state index in [1.54, 1.807) is 6.07 Å². The summed E-state index contributed by atoms with van der Waals surface area (Å²) in [5, 5.41) is 5.31. The summed E-state index contributed by atoms with van der Waals surface area (Å²) in [5.74, 6) is -2.05. The Morgan fingerprint density at radius 1 is 1.40 bits per heavy atom. The minimum atomic E-state index is -4.55. The van der Waals surface area contributed by atoms with Gasteiger partial charge in [-0.2, -0.15) is 13.2 Å². The molecule has 142 valence electrons. The summed E-state index contributed by atoms with van der Waals surface area (Å²) >= 11 is 5.66. The van der Waals surface area contributed by atoms with Crippen LogP contribution < -0.4 is 10.6 Å². The normalized spacial score (nSPS) is 21.2. The third kappa shape index (κ3) is 6.97. The highest BCUT2D eigenvalue weighted by molar-refractivity contribution is 6.30. The van der Waals surface area contributed by atoms with E-state index < -0.39 is 30.4 Å². The Morgan fingerprint density at radius 3 is 2.76 bits per heavy atom. The van der Waals surface area contributed by atoms with Crippen molar-refractivity contribution in [1.82, 2.24) is 10.6 Å². The lowest BCUT2D eigenvalue weighted by molar-refractivity contribution is -0.154. The number of amides is 1. The first-order valence-electron chi connectivity index (χ1n) is 7.37. The van der Waals surface area contributed by atoms with Crippen molar-refractivity contribution in [3.8, 4) is 0 Å². The van der Waals surface area contributed by atoms with E-state index in [1.807, 2.05) is 0 Å². The van der Waals surface area contributed by atoms with Gasteiger partial charge >= 0.3 is 6.18 Å². The van der Waals surface area contributed by atoms with E-state index in [1.165, 1.54) is 12.1 Å². The fourth-order valence-electron chi connectivity index (χ4n) is 2.52. The number of carbonyl (C=O) groups is 1.